The van der Waals surface area contributed by atoms with Crippen LogP contribution in [-0.4, -0.2) is 35.7 Å². The predicted octanol–water partition coefficient (Wildman–Crippen LogP) is 4.97. The van der Waals surface area contributed by atoms with Gasteiger partial charge in [0.2, 0.25) is 5.95 Å². The van der Waals surface area contributed by atoms with E-state index in [1.807, 2.05) is 45.2 Å². The first kappa shape index (κ1) is 23.4. The molecule has 7 nitrogen and oxygen atoms in total. The summed E-state index contributed by atoms with van der Waals surface area (Å²) in [7, 11) is 3.21. The first-order chi connectivity index (χ1) is 16.8. The predicted molar refractivity (Wildman–Crippen MR) is 139 cm³/mol. The lowest BCUT2D eigenvalue weighted by Crippen LogP contribution is -2.58. The molecule has 2 heterocycles. The number of anilines is 2. The van der Waals surface area contributed by atoms with Gasteiger partial charge in [0, 0.05) is 36.8 Å². The third-order valence-electron chi connectivity index (χ3n) is 7.75. The average Bonchev–Trinajstić information content (AvgIpc) is 2.85. The summed E-state index contributed by atoms with van der Waals surface area (Å²) in [6, 6.07) is 11.1. The number of hydrogen-bond acceptors (Lipinski definition) is 6. The number of para-hydroxylation sites is 1. The van der Waals surface area contributed by atoms with Crippen molar-refractivity contribution in [2.45, 2.75) is 52.0 Å². The van der Waals surface area contributed by atoms with E-state index in [0.717, 1.165) is 30.2 Å². The molecule has 1 spiro atoms. The molecule has 3 aromatic rings. The molecule has 0 radical (unpaired) electrons. The standard InChI is InChI=1S/C28H34N4O3/c1-18-14-21(19(2)29-23-11-7-6-10-20(23)26(34)35-4)24-22(15-18)25(33)31(3)27(30-24)32-16-28(17-32)12-8-5-9-13-28/h6-7,10-11,14-15,19,29H,5,8-9,12-13,16-17H2,1-4H3. The molecule has 0 bridgehead atoms. The maximum absolute atomic E-state index is 13.4. The van der Waals surface area contributed by atoms with Crippen LogP contribution in [0.4, 0.5) is 11.6 Å². The second kappa shape index (κ2) is 9.02. The summed E-state index contributed by atoms with van der Waals surface area (Å²) in [6.45, 7) is 5.97. The van der Waals surface area contributed by atoms with Gasteiger partial charge in [-0.3, -0.25) is 9.36 Å². The van der Waals surface area contributed by atoms with Crippen molar-refractivity contribution in [3.8, 4) is 0 Å². The topological polar surface area (TPSA) is 76.5 Å². The molecule has 2 aromatic carbocycles. The number of rotatable bonds is 5. The second-order valence-corrected chi connectivity index (χ2v) is 10.3. The maximum atomic E-state index is 13.4. The van der Waals surface area contributed by atoms with Crippen LogP contribution in [0.5, 0.6) is 0 Å². The lowest BCUT2D eigenvalue weighted by molar-refractivity contribution is 0.0602. The Hall–Kier alpha value is -3.35. The number of ether oxygens (including phenoxy) is 1. The Morgan fingerprint density at radius 3 is 2.57 bits per heavy atom. The third-order valence-corrected chi connectivity index (χ3v) is 7.75. The summed E-state index contributed by atoms with van der Waals surface area (Å²) in [5.74, 6) is 0.351. The molecule has 184 valence electrons. The van der Waals surface area contributed by atoms with E-state index in [9.17, 15) is 9.59 Å². The molecule has 1 unspecified atom stereocenters. The van der Waals surface area contributed by atoms with E-state index in [0.29, 0.717) is 27.6 Å². The van der Waals surface area contributed by atoms with Gasteiger partial charge in [0.15, 0.2) is 0 Å². The van der Waals surface area contributed by atoms with Crippen LogP contribution < -0.4 is 15.8 Å². The molecule has 2 aliphatic rings. The SMILES string of the molecule is COC(=O)c1ccccc1NC(C)c1cc(C)cc2c(=O)n(C)c(N3CC4(CCCCC4)C3)nc12. The Kier molecular flexibility index (Phi) is 6.03. The van der Waals surface area contributed by atoms with Crippen molar-refractivity contribution in [1.82, 2.24) is 9.55 Å². The molecule has 5 rings (SSSR count). The highest BCUT2D eigenvalue weighted by Crippen LogP contribution is 2.45. The highest BCUT2D eigenvalue weighted by molar-refractivity contribution is 5.95. The summed E-state index contributed by atoms with van der Waals surface area (Å²) in [5.41, 5.74) is 4.18. The average molecular weight is 475 g/mol. The zero-order valence-corrected chi connectivity index (χ0v) is 21.1. The van der Waals surface area contributed by atoms with Crippen LogP contribution in [0.1, 0.15) is 66.6 Å². The number of esters is 1. The van der Waals surface area contributed by atoms with E-state index in [2.05, 4.69) is 16.3 Å². The molecule has 7 heteroatoms. The van der Waals surface area contributed by atoms with Gasteiger partial charge in [0.05, 0.1) is 29.6 Å². The summed E-state index contributed by atoms with van der Waals surface area (Å²) >= 11 is 0. The van der Waals surface area contributed by atoms with Crippen molar-refractivity contribution in [3.05, 3.63) is 63.4 Å². The monoisotopic (exact) mass is 474 g/mol. The molecule has 1 aliphatic carbocycles. The van der Waals surface area contributed by atoms with Gasteiger partial charge in [-0.1, -0.05) is 37.5 Å². The lowest BCUT2D eigenvalue weighted by Gasteiger charge is -2.53. The fraction of sp³-hybridized carbons (Fsp3) is 0.464. The fourth-order valence-corrected chi connectivity index (χ4v) is 5.88. The molecule has 0 amide bonds. The van der Waals surface area contributed by atoms with E-state index in [1.165, 1.54) is 39.2 Å². The van der Waals surface area contributed by atoms with Gasteiger partial charge >= 0.3 is 5.97 Å². The first-order valence-corrected chi connectivity index (χ1v) is 12.5. The largest absolute Gasteiger partial charge is 0.465 e. The van der Waals surface area contributed by atoms with Gasteiger partial charge in [-0.15, -0.1) is 0 Å². The quantitative estimate of drug-likeness (QED) is 0.526. The summed E-state index contributed by atoms with van der Waals surface area (Å²) in [5, 5.41) is 4.07. The summed E-state index contributed by atoms with van der Waals surface area (Å²) in [4.78, 5) is 33.0. The van der Waals surface area contributed by atoms with Crippen molar-refractivity contribution in [1.29, 1.82) is 0 Å². The number of aryl methyl sites for hydroxylation is 1. The number of carbonyl (C=O) groups excluding carboxylic acids is 1. The molecule has 1 aromatic heterocycles. The number of nitrogens with zero attached hydrogens (tertiary/aromatic N) is 3. The maximum Gasteiger partial charge on any atom is 0.339 e. The van der Waals surface area contributed by atoms with Crippen molar-refractivity contribution >= 4 is 28.5 Å². The minimum atomic E-state index is -0.391. The van der Waals surface area contributed by atoms with Crippen LogP contribution in [-0.2, 0) is 11.8 Å². The molecule has 1 atom stereocenters. The molecule has 1 N–H and O–H groups in total. The number of methoxy groups -OCH3 is 1. The van der Waals surface area contributed by atoms with Crippen LogP contribution >= 0.6 is 0 Å². The Morgan fingerprint density at radius 1 is 1.14 bits per heavy atom. The van der Waals surface area contributed by atoms with Gasteiger partial charge < -0.3 is 15.0 Å². The zero-order chi connectivity index (χ0) is 24.7. The Bertz CT molecular complexity index is 1330. The number of benzene rings is 2. The number of fused-ring (bicyclic) bond motifs is 1. The second-order valence-electron chi connectivity index (χ2n) is 10.3. The highest BCUT2D eigenvalue weighted by Gasteiger charge is 2.44. The molecular formula is C28H34N4O3. The molecule has 35 heavy (non-hydrogen) atoms. The van der Waals surface area contributed by atoms with Crippen molar-refractivity contribution in [2.75, 3.05) is 30.4 Å². The van der Waals surface area contributed by atoms with Crippen LogP contribution in [0, 0.1) is 12.3 Å². The minimum absolute atomic E-state index is 0.0262. The Labute approximate surface area is 206 Å². The number of aromatic nitrogens is 2. The first-order valence-electron chi connectivity index (χ1n) is 12.5. The van der Waals surface area contributed by atoms with Crippen LogP contribution in [0.2, 0.25) is 0 Å². The highest BCUT2D eigenvalue weighted by atomic mass is 16.5. The Balaban J connectivity index is 1.53. The Morgan fingerprint density at radius 2 is 1.86 bits per heavy atom. The smallest absolute Gasteiger partial charge is 0.339 e. The summed E-state index contributed by atoms with van der Waals surface area (Å²) in [6.07, 6.45) is 6.49. The third kappa shape index (κ3) is 4.17. The van der Waals surface area contributed by atoms with Crippen LogP contribution in [0.25, 0.3) is 10.9 Å². The number of nitrogens with one attached hydrogen (secondary N) is 1. The van der Waals surface area contributed by atoms with Gasteiger partial charge in [-0.2, -0.15) is 0 Å². The normalized spacial score (nSPS) is 17.8. The lowest BCUT2D eigenvalue weighted by atomic mass is 9.69. The van der Waals surface area contributed by atoms with E-state index in [-0.39, 0.29) is 11.6 Å². The van der Waals surface area contributed by atoms with Gasteiger partial charge in [0.25, 0.3) is 5.56 Å². The van der Waals surface area contributed by atoms with Crippen LogP contribution in [0.3, 0.4) is 0 Å². The van der Waals surface area contributed by atoms with E-state index in [4.69, 9.17) is 9.72 Å². The van der Waals surface area contributed by atoms with E-state index >= 15 is 0 Å². The van der Waals surface area contributed by atoms with Gasteiger partial charge in [-0.25, -0.2) is 9.78 Å². The van der Waals surface area contributed by atoms with Crippen molar-refractivity contribution in [2.24, 2.45) is 12.5 Å². The van der Waals surface area contributed by atoms with E-state index in [1.54, 1.807) is 10.6 Å². The van der Waals surface area contributed by atoms with Crippen molar-refractivity contribution < 1.29 is 9.53 Å². The summed E-state index contributed by atoms with van der Waals surface area (Å²) < 4.78 is 6.65. The molecular weight excluding hydrogens is 440 g/mol. The zero-order valence-electron chi connectivity index (χ0n) is 21.1. The van der Waals surface area contributed by atoms with Gasteiger partial charge in [-0.05, 0) is 50.5 Å². The molecule has 1 saturated heterocycles. The number of hydrogen-bond donors (Lipinski definition) is 1. The molecule has 2 fully saturated rings. The molecule has 1 saturated carbocycles. The van der Waals surface area contributed by atoms with Crippen LogP contribution in [0.15, 0.2) is 41.2 Å². The molecule has 1 aliphatic heterocycles. The number of carbonyl (C=O) groups is 1. The van der Waals surface area contributed by atoms with Gasteiger partial charge in [0.1, 0.15) is 0 Å². The minimum Gasteiger partial charge on any atom is -0.465 e. The fourth-order valence-electron chi connectivity index (χ4n) is 5.88. The van der Waals surface area contributed by atoms with Crippen molar-refractivity contribution in [3.63, 3.8) is 0 Å². The van der Waals surface area contributed by atoms with E-state index < -0.39 is 5.97 Å².